The average molecular weight is 1040 g/mol. The fraction of sp³-hybridized carbons (Fsp3) is 0.545. The van der Waals surface area contributed by atoms with E-state index in [9.17, 15) is 37.1 Å². The molecular weight excluding hydrogens is 970 g/mol. The van der Waals surface area contributed by atoms with E-state index in [1.165, 1.54) is 27.7 Å². The number of piperidine rings is 1. The minimum Gasteiger partial charge on any atom is -0.464 e. The molecule has 17 nitrogen and oxygen atoms in total. The minimum atomic E-state index is -4.61. The number of carbonyl (C=O) groups is 5. The zero-order valence-corrected chi connectivity index (χ0v) is 44.3. The zero-order chi connectivity index (χ0) is 54.1. The van der Waals surface area contributed by atoms with E-state index < -0.39 is 60.1 Å². The third-order valence-corrected chi connectivity index (χ3v) is 15.5. The summed E-state index contributed by atoms with van der Waals surface area (Å²) in [6, 6.07) is 10.5. The molecular formula is C55H71F3N10O7. The lowest BCUT2D eigenvalue weighted by atomic mass is 9.83. The van der Waals surface area contributed by atoms with Gasteiger partial charge in [0.15, 0.2) is 0 Å². The molecule has 1 aromatic carbocycles. The van der Waals surface area contributed by atoms with E-state index in [1.54, 1.807) is 72.4 Å². The Kier molecular flexibility index (Phi) is 16.1. The van der Waals surface area contributed by atoms with Crippen molar-refractivity contribution in [3.8, 4) is 22.5 Å². The highest BCUT2D eigenvalue weighted by molar-refractivity contribution is 5.96. The molecule has 1 unspecified atom stereocenters. The van der Waals surface area contributed by atoms with Crippen molar-refractivity contribution in [3.05, 3.63) is 84.3 Å². The lowest BCUT2D eigenvalue weighted by Gasteiger charge is -2.53. The molecule has 3 aromatic heterocycles. The summed E-state index contributed by atoms with van der Waals surface area (Å²) in [7, 11) is 5.15. The Labute approximate surface area is 436 Å². The maximum absolute atomic E-state index is 14.8. The van der Waals surface area contributed by atoms with E-state index in [0.29, 0.717) is 109 Å². The number of methoxy groups -OCH3 is 1. The molecule has 3 saturated heterocycles. The van der Waals surface area contributed by atoms with Crippen molar-refractivity contribution in [1.82, 2.24) is 49.9 Å². The number of likely N-dealkylation sites (tertiary alicyclic amines) is 1. The lowest BCUT2D eigenvalue weighted by molar-refractivity contribution is -0.155. The molecule has 7 heterocycles. The third-order valence-electron chi connectivity index (χ3n) is 15.5. The van der Waals surface area contributed by atoms with Gasteiger partial charge in [-0.2, -0.15) is 13.2 Å². The number of pyridine rings is 2. The number of hydrogen-bond acceptors (Lipinski definition) is 11. The number of hydrogen-bond donors (Lipinski definition) is 2. The molecule has 404 valence electrons. The Morgan fingerprint density at radius 3 is 2.47 bits per heavy atom. The van der Waals surface area contributed by atoms with Gasteiger partial charge in [0, 0.05) is 105 Å². The van der Waals surface area contributed by atoms with E-state index in [0.717, 1.165) is 0 Å². The maximum Gasteiger partial charge on any atom is 0.406 e. The summed E-state index contributed by atoms with van der Waals surface area (Å²) in [5, 5.41) is 4.88. The number of halogens is 3. The van der Waals surface area contributed by atoms with E-state index in [4.69, 9.17) is 14.5 Å². The van der Waals surface area contributed by atoms with E-state index in [2.05, 4.69) is 27.2 Å². The van der Waals surface area contributed by atoms with Gasteiger partial charge in [0.05, 0.1) is 29.8 Å². The Morgan fingerprint density at radius 2 is 1.77 bits per heavy atom. The van der Waals surface area contributed by atoms with E-state index >= 15 is 0 Å². The third kappa shape index (κ3) is 11.7. The first-order valence-electron chi connectivity index (χ1n) is 25.9. The molecule has 4 aliphatic heterocycles. The minimum absolute atomic E-state index is 0.0868. The fourth-order valence-electron chi connectivity index (χ4n) is 11.4. The number of alkyl halides is 3. The molecule has 4 aromatic rings. The molecule has 4 aliphatic rings. The normalized spacial score (nSPS) is 21.4. The lowest BCUT2D eigenvalue weighted by Crippen LogP contribution is -2.66. The first kappa shape index (κ1) is 54.9. The predicted molar refractivity (Wildman–Crippen MR) is 277 cm³/mol. The van der Waals surface area contributed by atoms with Gasteiger partial charge in [0.2, 0.25) is 11.8 Å². The topological polar surface area (TPSA) is 175 Å². The average Bonchev–Trinajstić information content (AvgIpc) is 3.66. The monoisotopic (exact) mass is 1040 g/mol. The molecule has 0 radical (unpaired) electrons. The Morgan fingerprint density at radius 1 is 1.03 bits per heavy atom. The van der Waals surface area contributed by atoms with Crippen LogP contribution in [-0.2, 0) is 48.0 Å². The van der Waals surface area contributed by atoms with Crippen molar-refractivity contribution in [2.45, 2.75) is 116 Å². The summed E-state index contributed by atoms with van der Waals surface area (Å²) < 4.78 is 57.2. The van der Waals surface area contributed by atoms with Crippen LogP contribution in [0.2, 0.25) is 0 Å². The van der Waals surface area contributed by atoms with Crippen LogP contribution in [0.25, 0.3) is 33.4 Å². The van der Waals surface area contributed by atoms with Crippen molar-refractivity contribution in [2.24, 2.45) is 11.3 Å². The Balaban J connectivity index is 1.14. The number of urea groups is 1. The first-order chi connectivity index (χ1) is 35.5. The van der Waals surface area contributed by atoms with Gasteiger partial charge in [-0.05, 0) is 100 Å². The standard InChI is InChI=1S/C55H71F3N10O7/c1-10-45(69)66-27-26-63(7)54(31-66)20-24-65(25-21-54)52(73)64(8)47(34(2)3)49(70)61-43-29-37-14-11-16-41(60-37)36-18-19-44-39(28-36)40(30-53(5,6)33-75-51(72)42-17-13-23-68(62-42)50(43)71)48(67(44)32-55(56,57)58)38-15-12-22-59-46(38)35(4)74-9/h10-12,14-16,18-19,22,28,34-35,42-43,47,62H,1,13,17,20-21,23-27,29-33H2,2-9H3,(H,61,70)/t35-,42-,43?,47-/m0/s1. The smallest absolute Gasteiger partial charge is 0.406 e. The van der Waals surface area contributed by atoms with Crippen LogP contribution < -0.4 is 10.7 Å². The highest BCUT2D eigenvalue weighted by Crippen LogP contribution is 2.43. The molecule has 0 aliphatic carbocycles. The number of nitrogens with one attached hydrogen (secondary N) is 2. The fourth-order valence-corrected chi connectivity index (χ4v) is 11.4. The molecule has 6 bridgehead atoms. The molecule has 5 amide bonds. The number of aromatic nitrogens is 3. The molecule has 75 heavy (non-hydrogen) atoms. The number of piperazine rings is 1. The van der Waals surface area contributed by atoms with Gasteiger partial charge in [-0.3, -0.25) is 39.1 Å². The quantitative estimate of drug-likeness (QED) is 0.137. The number of carbonyl (C=O) groups excluding carboxylic acids is 5. The summed E-state index contributed by atoms with van der Waals surface area (Å²) >= 11 is 0. The molecule has 2 N–H and O–H groups in total. The second-order valence-corrected chi connectivity index (χ2v) is 21.8. The second kappa shape index (κ2) is 22.1. The van der Waals surface area contributed by atoms with Crippen molar-refractivity contribution < 1.29 is 46.6 Å². The number of amides is 5. The van der Waals surface area contributed by atoms with Crippen molar-refractivity contribution in [2.75, 3.05) is 67.1 Å². The van der Waals surface area contributed by atoms with Crippen LogP contribution >= 0.6 is 0 Å². The van der Waals surface area contributed by atoms with Crippen LogP contribution in [0.3, 0.4) is 0 Å². The first-order valence-corrected chi connectivity index (χ1v) is 25.9. The maximum atomic E-state index is 14.8. The summed E-state index contributed by atoms with van der Waals surface area (Å²) in [6.45, 7) is 14.4. The molecule has 8 rings (SSSR count). The van der Waals surface area contributed by atoms with Crippen LogP contribution in [0.15, 0.2) is 67.4 Å². The van der Waals surface area contributed by atoms with Crippen molar-refractivity contribution >= 4 is 40.6 Å². The largest absolute Gasteiger partial charge is 0.464 e. The van der Waals surface area contributed by atoms with Crippen molar-refractivity contribution in [1.29, 1.82) is 0 Å². The SMILES string of the molecule is C=CC(=O)N1CCN(C)C2(CCN(C(=O)N(C)[C@H](C(=O)NC3Cc4cccc(n4)-c4ccc5c(c4)c(c(-c4cccnc4[C@H](C)OC)n5CC(F)(F)F)CC(C)(C)COC(=O)[C@@H]4CCCN(N4)C3=O)C(C)C)CC2)C1. The van der Waals surface area contributed by atoms with E-state index in [-0.39, 0.29) is 49.4 Å². The Hall–Kier alpha value is -6.38. The second-order valence-electron chi connectivity index (χ2n) is 21.8. The number of fused-ring (bicyclic) bond motifs is 6. The number of benzene rings is 1. The summed E-state index contributed by atoms with van der Waals surface area (Å²) in [4.78, 5) is 87.3. The van der Waals surface area contributed by atoms with Crippen molar-refractivity contribution in [3.63, 3.8) is 0 Å². The number of rotatable bonds is 9. The van der Waals surface area contributed by atoms with Gasteiger partial charge in [-0.1, -0.05) is 46.4 Å². The van der Waals surface area contributed by atoms with Gasteiger partial charge in [0.1, 0.15) is 24.7 Å². The number of esters is 1. The number of cyclic esters (lactones) is 1. The van der Waals surface area contributed by atoms with Crippen LogP contribution in [0.1, 0.15) is 83.4 Å². The van der Waals surface area contributed by atoms with Crippen LogP contribution in [0.4, 0.5) is 18.0 Å². The van der Waals surface area contributed by atoms with Gasteiger partial charge in [0.25, 0.3) is 5.91 Å². The molecule has 0 saturated carbocycles. The number of hydrazine groups is 1. The molecule has 20 heteroatoms. The van der Waals surface area contributed by atoms with Crippen LogP contribution in [-0.4, -0.2) is 166 Å². The Bertz CT molecular complexity index is 2810. The summed E-state index contributed by atoms with van der Waals surface area (Å²) in [5.74, 6) is -2.19. The summed E-state index contributed by atoms with van der Waals surface area (Å²) in [5.41, 5.74) is 5.64. The number of likely N-dealkylation sites (N-methyl/N-ethyl adjacent to an activating group) is 2. The summed E-state index contributed by atoms with van der Waals surface area (Å²) in [6.07, 6.45) is -0.107. The van der Waals surface area contributed by atoms with Gasteiger partial charge >= 0.3 is 18.2 Å². The predicted octanol–water partition coefficient (Wildman–Crippen LogP) is 6.55. The molecule has 4 atom stereocenters. The molecule has 1 spiro atoms. The number of ether oxygens (including phenoxy) is 2. The van der Waals surface area contributed by atoms with E-state index in [1.807, 2.05) is 40.8 Å². The van der Waals surface area contributed by atoms with Crippen LogP contribution in [0.5, 0.6) is 0 Å². The van der Waals surface area contributed by atoms with Gasteiger partial charge in [-0.25, -0.2) is 10.2 Å². The van der Waals surface area contributed by atoms with Crippen LogP contribution in [0, 0.1) is 11.3 Å². The highest BCUT2D eigenvalue weighted by Gasteiger charge is 2.46. The van der Waals surface area contributed by atoms with Gasteiger partial charge in [-0.15, -0.1) is 0 Å². The zero-order valence-electron chi connectivity index (χ0n) is 44.3. The molecule has 3 fully saturated rings. The van der Waals surface area contributed by atoms with Gasteiger partial charge < -0.3 is 34.1 Å². The number of nitrogens with zero attached hydrogens (tertiary/aromatic N) is 8. The highest BCUT2D eigenvalue weighted by atomic mass is 19.4.